The Morgan fingerprint density at radius 2 is 1.46 bits per heavy atom. The van der Waals surface area contributed by atoms with Crippen molar-refractivity contribution in [3.8, 4) is 0 Å². The molecule has 26 heavy (non-hydrogen) atoms. The van der Waals surface area contributed by atoms with E-state index in [2.05, 4.69) is 26.6 Å². The topological polar surface area (TPSA) is 58.2 Å². The van der Waals surface area contributed by atoms with Crippen molar-refractivity contribution in [1.82, 2.24) is 5.32 Å². The van der Waals surface area contributed by atoms with Crippen LogP contribution in [0.3, 0.4) is 0 Å². The maximum absolute atomic E-state index is 12.9. The van der Waals surface area contributed by atoms with Gasteiger partial charge in [-0.05, 0) is 35.9 Å². The fourth-order valence-corrected chi connectivity index (χ4v) is 2.93. The lowest BCUT2D eigenvalue weighted by molar-refractivity contribution is -0.118. The molecule has 0 saturated carbocycles. The van der Waals surface area contributed by atoms with Crippen LogP contribution in [0.1, 0.15) is 22.0 Å². The molecule has 0 fully saturated rings. The lowest BCUT2D eigenvalue weighted by atomic mass is 10.1. The molecular formula is C21H17BrN2O2. The number of hydrogen-bond acceptors (Lipinski definition) is 2. The zero-order valence-corrected chi connectivity index (χ0v) is 15.4. The van der Waals surface area contributed by atoms with Gasteiger partial charge in [-0.15, -0.1) is 0 Å². The summed E-state index contributed by atoms with van der Waals surface area (Å²) in [6.07, 6.45) is 0. The molecule has 4 nitrogen and oxygen atoms in total. The van der Waals surface area contributed by atoms with Crippen molar-refractivity contribution >= 4 is 33.4 Å². The van der Waals surface area contributed by atoms with E-state index in [1.54, 1.807) is 36.4 Å². The Hall–Kier alpha value is -2.92. The molecule has 0 aliphatic rings. The molecule has 0 aliphatic carbocycles. The average Bonchev–Trinajstić information content (AvgIpc) is 2.67. The van der Waals surface area contributed by atoms with Crippen molar-refractivity contribution in [2.75, 3.05) is 5.32 Å². The number of carbonyl (C=O) groups is 2. The molecule has 2 amide bonds. The fraction of sp³-hybridized carbons (Fsp3) is 0.0476. The van der Waals surface area contributed by atoms with Gasteiger partial charge in [0.25, 0.3) is 11.8 Å². The van der Waals surface area contributed by atoms with Crippen molar-refractivity contribution < 1.29 is 9.59 Å². The molecule has 3 aromatic carbocycles. The molecule has 130 valence electrons. The molecule has 0 radical (unpaired) electrons. The van der Waals surface area contributed by atoms with E-state index in [0.29, 0.717) is 16.8 Å². The van der Waals surface area contributed by atoms with E-state index < -0.39 is 6.04 Å². The summed E-state index contributed by atoms with van der Waals surface area (Å²) in [7, 11) is 0. The summed E-state index contributed by atoms with van der Waals surface area (Å²) in [5.41, 5.74) is 1.87. The Kier molecular flexibility index (Phi) is 5.81. The predicted octanol–water partition coefficient (Wildman–Crippen LogP) is 4.56. The summed E-state index contributed by atoms with van der Waals surface area (Å²) < 4.78 is 0.861. The van der Waals surface area contributed by atoms with E-state index in [1.807, 2.05) is 48.5 Å². The Balaban J connectivity index is 1.84. The van der Waals surface area contributed by atoms with Crippen LogP contribution in [-0.4, -0.2) is 11.8 Å². The van der Waals surface area contributed by atoms with Gasteiger partial charge in [0.05, 0.1) is 0 Å². The van der Waals surface area contributed by atoms with Gasteiger partial charge in [-0.3, -0.25) is 9.59 Å². The minimum Gasteiger partial charge on any atom is -0.336 e. The monoisotopic (exact) mass is 408 g/mol. The van der Waals surface area contributed by atoms with Crippen molar-refractivity contribution in [1.29, 1.82) is 0 Å². The van der Waals surface area contributed by atoms with Crippen molar-refractivity contribution in [3.63, 3.8) is 0 Å². The van der Waals surface area contributed by atoms with Crippen LogP contribution in [-0.2, 0) is 4.79 Å². The lowest BCUT2D eigenvalue weighted by Crippen LogP contribution is -2.37. The van der Waals surface area contributed by atoms with Gasteiger partial charge in [0.15, 0.2) is 0 Å². The van der Waals surface area contributed by atoms with E-state index in [-0.39, 0.29) is 11.8 Å². The second-order valence-electron chi connectivity index (χ2n) is 5.68. The third kappa shape index (κ3) is 4.58. The quantitative estimate of drug-likeness (QED) is 0.649. The summed E-state index contributed by atoms with van der Waals surface area (Å²) in [5.74, 6) is -0.609. The minimum atomic E-state index is -0.803. The SMILES string of the molecule is O=C(NC(C(=O)Nc1cccc(Br)c1)c1ccccc1)c1ccccc1. The second-order valence-corrected chi connectivity index (χ2v) is 6.60. The number of hydrogen-bond donors (Lipinski definition) is 2. The highest BCUT2D eigenvalue weighted by Crippen LogP contribution is 2.19. The first-order chi connectivity index (χ1) is 12.6. The number of rotatable bonds is 5. The Morgan fingerprint density at radius 1 is 0.808 bits per heavy atom. The van der Waals surface area contributed by atoms with Gasteiger partial charge in [-0.1, -0.05) is 70.5 Å². The number of benzene rings is 3. The molecule has 3 rings (SSSR count). The molecule has 0 saturated heterocycles. The van der Waals surface area contributed by atoms with Crippen LogP contribution in [0.2, 0.25) is 0 Å². The normalized spacial score (nSPS) is 11.4. The summed E-state index contributed by atoms with van der Waals surface area (Å²) in [4.78, 5) is 25.4. The first-order valence-electron chi connectivity index (χ1n) is 8.11. The van der Waals surface area contributed by atoms with Gasteiger partial charge >= 0.3 is 0 Å². The number of anilines is 1. The highest BCUT2D eigenvalue weighted by Gasteiger charge is 2.23. The third-order valence-corrected chi connectivity index (χ3v) is 4.29. The molecule has 0 aliphatic heterocycles. The minimum absolute atomic E-state index is 0.302. The lowest BCUT2D eigenvalue weighted by Gasteiger charge is -2.19. The first kappa shape index (κ1) is 17.9. The van der Waals surface area contributed by atoms with Crippen LogP contribution in [0.15, 0.2) is 89.4 Å². The molecule has 0 bridgehead atoms. The summed E-state index contributed by atoms with van der Waals surface area (Å²) >= 11 is 3.38. The van der Waals surface area contributed by atoms with Crippen LogP contribution in [0, 0.1) is 0 Å². The van der Waals surface area contributed by atoms with Crippen LogP contribution < -0.4 is 10.6 Å². The standard InChI is InChI=1S/C21H17BrN2O2/c22-17-12-7-13-18(14-17)23-21(26)19(15-8-3-1-4-9-15)24-20(25)16-10-5-2-6-11-16/h1-14,19H,(H,23,26)(H,24,25). The number of amides is 2. The maximum Gasteiger partial charge on any atom is 0.252 e. The highest BCUT2D eigenvalue weighted by atomic mass is 79.9. The first-order valence-corrected chi connectivity index (χ1v) is 8.90. The summed E-state index contributed by atoms with van der Waals surface area (Å²) in [6.45, 7) is 0. The molecular weight excluding hydrogens is 392 g/mol. The van der Waals surface area contributed by atoms with E-state index in [0.717, 1.165) is 4.47 Å². The molecule has 3 aromatic rings. The summed E-state index contributed by atoms with van der Waals surface area (Å²) in [6, 6.07) is 24.5. The zero-order valence-electron chi connectivity index (χ0n) is 13.9. The van der Waals surface area contributed by atoms with E-state index in [1.165, 1.54) is 0 Å². The fourth-order valence-electron chi connectivity index (χ4n) is 2.53. The zero-order chi connectivity index (χ0) is 18.4. The van der Waals surface area contributed by atoms with Crippen LogP contribution in [0.25, 0.3) is 0 Å². The van der Waals surface area contributed by atoms with Crippen molar-refractivity contribution in [3.05, 3.63) is 101 Å². The smallest absolute Gasteiger partial charge is 0.252 e. The Bertz CT molecular complexity index is 898. The molecule has 0 heterocycles. The number of nitrogens with one attached hydrogen (secondary N) is 2. The van der Waals surface area contributed by atoms with Gasteiger partial charge in [-0.2, -0.15) is 0 Å². The van der Waals surface area contributed by atoms with Gasteiger partial charge in [0.2, 0.25) is 0 Å². The summed E-state index contributed by atoms with van der Waals surface area (Å²) in [5, 5.41) is 5.68. The van der Waals surface area contributed by atoms with Crippen LogP contribution in [0.4, 0.5) is 5.69 Å². The maximum atomic E-state index is 12.9. The van der Waals surface area contributed by atoms with Crippen LogP contribution in [0.5, 0.6) is 0 Å². The molecule has 0 aromatic heterocycles. The largest absolute Gasteiger partial charge is 0.336 e. The van der Waals surface area contributed by atoms with Crippen molar-refractivity contribution in [2.45, 2.75) is 6.04 Å². The average molecular weight is 409 g/mol. The van der Waals surface area contributed by atoms with Crippen molar-refractivity contribution in [2.24, 2.45) is 0 Å². The highest BCUT2D eigenvalue weighted by molar-refractivity contribution is 9.10. The third-order valence-electron chi connectivity index (χ3n) is 3.80. The Labute approximate surface area is 160 Å². The van der Waals surface area contributed by atoms with Gasteiger partial charge in [0.1, 0.15) is 6.04 Å². The Morgan fingerprint density at radius 3 is 2.12 bits per heavy atom. The molecule has 0 spiro atoms. The molecule has 1 unspecified atom stereocenters. The van der Waals surface area contributed by atoms with E-state index >= 15 is 0 Å². The molecule has 5 heteroatoms. The van der Waals surface area contributed by atoms with E-state index in [4.69, 9.17) is 0 Å². The predicted molar refractivity (Wildman–Crippen MR) is 106 cm³/mol. The van der Waals surface area contributed by atoms with Gasteiger partial charge < -0.3 is 10.6 Å². The molecule has 1 atom stereocenters. The molecule has 2 N–H and O–H groups in total. The van der Waals surface area contributed by atoms with Gasteiger partial charge in [0, 0.05) is 15.7 Å². The van der Waals surface area contributed by atoms with Crippen LogP contribution >= 0.6 is 15.9 Å². The number of halogens is 1. The van der Waals surface area contributed by atoms with Gasteiger partial charge in [-0.25, -0.2) is 0 Å². The second kappa shape index (κ2) is 8.45. The van der Waals surface area contributed by atoms with E-state index in [9.17, 15) is 9.59 Å². The number of carbonyl (C=O) groups excluding carboxylic acids is 2.